The number of fused-ring (bicyclic) bond motifs is 2. The van der Waals surface area contributed by atoms with E-state index in [1.54, 1.807) is 31.2 Å². The van der Waals surface area contributed by atoms with Crippen molar-refractivity contribution < 1.29 is 28.7 Å². The lowest BCUT2D eigenvalue weighted by Gasteiger charge is -2.33. The Morgan fingerprint density at radius 3 is 2.43 bits per heavy atom. The number of ether oxygens (including phenoxy) is 3. The van der Waals surface area contributed by atoms with Crippen molar-refractivity contribution in [1.82, 2.24) is 34.2 Å². The number of nitrogens with zero attached hydrogens (tertiary/aromatic N) is 8. The third-order valence-corrected chi connectivity index (χ3v) is 9.73. The van der Waals surface area contributed by atoms with E-state index < -0.39 is 28.3 Å². The lowest BCUT2D eigenvalue weighted by atomic mass is 9.85. The third-order valence-electron chi connectivity index (χ3n) is 9.73. The van der Waals surface area contributed by atoms with Crippen LogP contribution in [0.2, 0.25) is 0 Å². The first-order chi connectivity index (χ1) is 25.6. The van der Waals surface area contributed by atoms with E-state index in [-0.39, 0.29) is 18.5 Å². The zero-order valence-electron chi connectivity index (χ0n) is 31.8. The highest BCUT2D eigenvalue weighted by atomic mass is 16.6. The Kier molecular flexibility index (Phi) is 9.94. The number of non-ortho nitro benzene ring substituents is 1. The maximum Gasteiger partial charge on any atom is 0.419 e. The van der Waals surface area contributed by atoms with Crippen molar-refractivity contribution in [3.05, 3.63) is 70.2 Å². The summed E-state index contributed by atoms with van der Waals surface area (Å²) in [5, 5.41) is 26.9. The fourth-order valence-corrected chi connectivity index (χ4v) is 7.03. The van der Waals surface area contributed by atoms with Crippen LogP contribution in [0.4, 0.5) is 15.3 Å². The molecular weight excluding hydrogens is 692 g/mol. The van der Waals surface area contributed by atoms with Crippen molar-refractivity contribution in [2.24, 2.45) is 5.92 Å². The summed E-state index contributed by atoms with van der Waals surface area (Å²) < 4.78 is 22.5. The van der Waals surface area contributed by atoms with Crippen molar-refractivity contribution in [2.45, 2.75) is 111 Å². The summed E-state index contributed by atoms with van der Waals surface area (Å²) in [4.78, 5) is 40.6. The van der Waals surface area contributed by atoms with E-state index in [1.165, 1.54) is 12.1 Å². The molecule has 4 heterocycles. The van der Waals surface area contributed by atoms with Crippen LogP contribution in [0.5, 0.6) is 0 Å². The van der Waals surface area contributed by atoms with Crippen LogP contribution in [-0.2, 0) is 27.3 Å². The number of nitro benzene ring substituents is 1. The van der Waals surface area contributed by atoms with E-state index in [2.05, 4.69) is 15.4 Å². The number of aromatic nitrogens is 6. The quantitative estimate of drug-likeness (QED) is 0.106. The van der Waals surface area contributed by atoms with Crippen LogP contribution in [0.25, 0.3) is 33.1 Å². The molecule has 54 heavy (non-hydrogen) atoms. The number of carbonyl (C=O) groups excluding carboxylic acids is 2. The molecule has 2 aliphatic rings. The van der Waals surface area contributed by atoms with Crippen LogP contribution in [0.15, 0.2) is 48.8 Å². The van der Waals surface area contributed by atoms with Crippen LogP contribution in [-0.4, -0.2) is 75.7 Å². The lowest BCUT2D eigenvalue weighted by molar-refractivity contribution is -0.384. The molecule has 1 amide bonds. The number of hydrogen-bond acceptors (Lipinski definition) is 10. The molecule has 0 radical (unpaired) electrons. The van der Waals surface area contributed by atoms with Gasteiger partial charge in [-0.2, -0.15) is 5.10 Å². The molecule has 2 fully saturated rings. The maximum atomic E-state index is 13.9. The molecule has 0 spiro atoms. The Hall–Kier alpha value is -5.31. The van der Waals surface area contributed by atoms with Crippen molar-refractivity contribution in [3.63, 3.8) is 0 Å². The molecule has 7 rings (SSSR count). The predicted molar refractivity (Wildman–Crippen MR) is 201 cm³/mol. The Balaban J connectivity index is 1.21. The SMILES string of the molecule is CC(C)(C)OC(=O)N(Cc1cc2ccc(Cn3cc(-c4cc([N+](=O)[O-])cc5c4cnn5C4CCCCO4)nn3)cc2n1C(=O)OC(C)(C)C)CC1CCC1. The number of hydrogen-bond donors (Lipinski definition) is 0. The molecule has 0 N–H and O–H groups in total. The van der Waals surface area contributed by atoms with Crippen molar-refractivity contribution in [1.29, 1.82) is 0 Å². The largest absolute Gasteiger partial charge is 0.444 e. The zero-order chi connectivity index (χ0) is 38.4. The van der Waals surface area contributed by atoms with Gasteiger partial charge in [-0.3, -0.25) is 10.1 Å². The molecule has 5 aromatic rings. The van der Waals surface area contributed by atoms with E-state index in [9.17, 15) is 19.7 Å². The normalized spacial score (nSPS) is 16.7. The number of amides is 1. The first kappa shape index (κ1) is 37.0. The summed E-state index contributed by atoms with van der Waals surface area (Å²) in [7, 11) is 0. The second-order valence-electron chi connectivity index (χ2n) is 16.4. The average molecular weight is 741 g/mol. The van der Waals surface area contributed by atoms with Crippen LogP contribution < -0.4 is 0 Å². The minimum absolute atomic E-state index is 0.0771. The highest BCUT2D eigenvalue weighted by Gasteiger charge is 2.30. The zero-order valence-corrected chi connectivity index (χ0v) is 31.8. The van der Waals surface area contributed by atoms with Gasteiger partial charge in [0, 0.05) is 47.3 Å². The van der Waals surface area contributed by atoms with Crippen LogP contribution in [0, 0.1) is 16.0 Å². The molecule has 3 aromatic heterocycles. The second kappa shape index (κ2) is 14.5. The first-order valence-corrected chi connectivity index (χ1v) is 18.6. The van der Waals surface area contributed by atoms with Crippen molar-refractivity contribution in [2.75, 3.05) is 13.2 Å². The van der Waals surface area contributed by atoms with Gasteiger partial charge in [0.2, 0.25) is 0 Å². The van der Waals surface area contributed by atoms with E-state index in [0.717, 1.165) is 49.5 Å². The molecule has 1 aliphatic carbocycles. The van der Waals surface area contributed by atoms with Crippen molar-refractivity contribution >= 4 is 39.7 Å². The molecule has 0 bridgehead atoms. The summed E-state index contributed by atoms with van der Waals surface area (Å²) in [6.45, 7) is 12.6. The van der Waals surface area contributed by atoms with E-state index in [0.29, 0.717) is 59.0 Å². The molecule has 15 nitrogen and oxygen atoms in total. The fourth-order valence-electron chi connectivity index (χ4n) is 7.03. The molecule has 1 saturated heterocycles. The second-order valence-corrected chi connectivity index (χ2v) is 16.4. The first-order valence-electron chi connectivity index (χ1n) is 18.6. The molecule has 286 valence electrons. The number of benzene rings is 2. The van der Waals surface area contributed by atoms with Crippen LogP contribution in [0.3, 0.4) is 0 Å². The molecule has 15 heteroatoms. The highest BCUT2D eigenvalue weighted by molar-refractivity contribution is 5.96. The molecular formula is C39H48N8O7. The van der Waals surface area contributed by atoms with Gasteiger partial charge in [0.25, 0.3) is 5.69 Å². The van der Waals surface area contributed by atoms with E-state index in [4.69, 9.17) is 14.2 Å². The number of carbonyl (C=O) groups is 2. The van der Waals surface area contributed by atoms with Gasteiger partial charge < -0.3 is 19.1 Å². The Bertz CT molecular complexity index is 2200. The average Bonchev–Trinajstić information content (AvgIpc) is 3.81. The standard InChI is InChI=1S/C39H48N8O7/c1-38(2,3)53-36(48)43(21-25-10-9-11-25)23-29-17-27-14-13-26(16-33(27)45(29)37(49)54-39(4,5)6)22-44-24-32(41-42-44)30-18-28(47(50)51)19-34-31(30)20-40-46(34)35-12-7-8-15-52-35/h13-14,16-20,24-25,35H,7-12,15,21-23H2,1-6H3. The summed E-state index contributed by atoms with van der Waals surface area (Å²) >= 11 is 0. The summed E-state index contributed by atoms with van der Waals surface area (Å²) in [5.41, 5.74) is 2.17. The Labute approximate surface area is 313 Å². The molecule has 1 unspecified atom stereocenters. The van der Waals surface area contributed by atoms with Gasteiger partial charge in [0.05, 0.1) is 41.4 Å². The Morgan fingerprint density at radius 1 is 0.981 bits per heavy atom. The predicted octanol–water partition coefficient (Wildman–Crippen LogP) is 8.23. The molecule has 1 aliphatic heterocycles. The number of rotatable bonds is 9. The molecule has 1 saturated carbocycles. The smallest absolute Gasteiger partial charge is 0.419 e. The fraction of sp³-hybridized carbons (Fsp3) is 0.513. The minimum Gasteiger partial charge on any atom is -0.444 e. The van der Waals surface area contributed by atoms with Gasteiger partial charge >= 0.3 is 12.2 Å². The Morgan fingerprint density at radius 2 is 1.76 bits per heavy atom. The van der Waals surface area contributed by atoms with Gasteiger partial charge in [-0.05, 0) is 97.3 Å². The topological polar surface area (TPSA) is 162 Å². The molecule has 1 atom stereocenters. The van der Waals surface area contributed by atoms with Gasteiger partial charge in [0.1, 0.15) is 16.9 Å². The van der Waals surface area contributed by atoms with E-state index in [1.807, 2.05) is 65.8 Å². The number of nitro groups is 1. The maximum absolute atomic E-state index is 13.9. The van der Waals surface area contributed by atoms with Gasteiger partial charge in [0.15, 0.2) is 6.23 Å². The third kappa shape index (κ3) is 8.10. The van der Waals surface area contributed by atoms with Gasteiger partial charge in [-0.15, -0.1) is 5.10 Å². The lowest BCUT2D eigenvalue weighted by Crippen LogP contribution is -2.41. The highest BCUT2D eigenvalue weighted by Crippen LogP contribution is 2.35. The van der Waals surface area contributed by atoms with Crippen molar-refractivity contribution in [3.8, 4) is 11.3 Å². The monoisotopic (exact) mass is 740 g/mol. The minimum atomic E-state index is -0.756. The summed E-state index contributed by atoms with van der Waals surface area (Å²) in [6, 6.07) is 10.7. The van der Waals surface area contributed by atoms with Crippen LogP contribution >= 0.6 is 0 Å². The summed E-state index contributed by atoms with van der Waals surface area (Å²) in [5.74, 6) is 0.385. The molecule has 2 aromatic carbocycles. The van der Waals surface area contributed by atoms with Crippen LogP contribution in [0.1, 0.15) is 97.6 Å². The van der Waals surface area contributed by atoms with Gasteiger partial charge in [-0.1, -0.05) is 23.8 Å². The van der Waals surface area contributed by atoms with Gasteiger partial charge in [-0.25, -0.2) is 23.5 Å². The van der Waals surface area contributed by atoms with E-state index >= 15 is 0 Å². The summed E-state index contributed by atoms with van der Waals surface area (Å²) in [6.07, 6.45) is 8.14.